The van der Waals surface area contributed by atoms with Crippen molar-refractivity contribution in [3.63, 3.8) is 0 Å². The lowest BCUT2D eigenvalue weighted by Crippen LogP contribution is -2.38. The van der Waals surface area contributed by atoms with Crippen molar-refractivity contribution in [3.05, 3.63) is 29.8 Å². The van der Waals surface area contributed by atoms with Gasteiger partial charge in [0.15, 0.2) is 0 Å². The van der Waals surface area contributed by atoms with E-state index in [1.165, 1.54) is 31.2 Å². The third kappa shape index (κ3) is 4.71. The molecule has 3 atom stereocenters. The Morgan fingerprint density at radius 3 is 2.43 bits per heavy atom. The highest BCUT2D eigenvalue weighted by molar-refractivity contribution is 5.29. The Balaban J connectivity index is 1.53. The number of hydrogen-bond acceptors (Lipinski definition) is 3. The summed E-state index contributed by atoms with van der Waals surface area (Å²) in [7, 11) is 0. The third-order valence-corrected chi connectivity index (χ3v) is 5.43. The number of ether oxygens (including phenoxy) is 2. The second-order valence-corrected chi connectivity index (χ2v) is 7.26. The molecule has 0 amide bonds. The predicted octanol–water partition coefficient (Wildman–Crippen LogP) is 4.47. The Morgan fingerprint density at radius 1 is 1.04 bits per heavy atom. The molecule has 0 spiro atoms. The van der Waals surface area contributed by atoms with Crippen LogP contribution in [0.4, 0.5) is 0 Å². The van der Waals surface area contributed by atoms with Gasteiger partial charge in [0, 0.05) is 24.9 Å². The van der Waals surface area contributed by atoms with Gasteiger partial charge in [0.1, 0.15) is 11.9 Å². The summed E-state index contributed by atoms with van der Waals surface area (Å²) in [5, 5.41) is 3.83. The molecule has 3 nitrogen and oxygen atoms in total. The van der Waals surface area contributed by atoms with Crippen LogP contribution in [-0.4, -0.2) is 25.4 Å². The molecule has 23 heavy (non-hydrogen) atoms. The maximum Gasteiger partial charge on any atom is 0.119 e. The van der Waals surface area contributed by atoms with Crippen molar-refractivity contribution in [2.45, 2.75) is 70.6 Å². The van der Waals surface area contributed by atoms with Crippen molar-refractivity contribution in [3.8, 4) is 5.75 Å². The fourth-order valence-electron chi connectivity index (χ4n) is 3.80. The van der Waals surface area contributed by atoms with Gasteiger partial charge in [-0.25, -0.2) is 0 Å². The molecule has 1 saturated carbocycles. The zero-order valence-corrected chi connectivity index (χ0v) is 14.6. The molecule has 0 aromatic heterocycles. The van der Waals surface area contributed by atoms with Crippen LogP contribution in [0.2, 0.25) is 0 Å². The topological polar surface area (TPSA) is 30.5 Å². The highest BCUT2D eigenvalue weighted by Crippen LogP contribution is 2.27. The first-order chi connectivity index (χ1) is 11.2. The van der Waals surface area contributed by atoms with Crippen LogP contribution in [0, 0.1) is 5.92 Å². The molecule has 0 radical (unpaired) electrons. The molecule has 1 aromatic rings. The normalized spacial score (nSPS) is 27.6. The van der Waals surface area contributed by atoms with Crippen molar-refractivity contribution in [1.29, 1.82) is 0 Å². The largest absolute Gasteiger partial charge is 0.490 e. The zero-order chi connectivity index (χ0) is 16.1. The predicted molar refractivity (Wildman–Crippen MR) is 93.9 cm³/mol. The molecule has 1 saturated heterocycles. The average Bonchev–Trinajstić information content (AvgIpc) is 2.58. The maximum absolute atomic E-state index is 6.06. The molecular formula is C20H31NO2. The lowest BCUT2D eigenvalue weighted by Gasteiger charge is -2.32. The van der Waals surface area contributed by atoms with Crippen LogP contribution < -0.4 is 10.1 Å². The first-order valence-electron chi connectivity index (χ1n) is 9.33. The molecule has 3 rings (SSSR count). The van der Waals surface area contributed by atoms with E-state index in [4.69, 9.17) is 9.47 Å². The molecule has 1 N–H and O–H groups in total. The smallest absolute Gasteiger partial charge is 0.119 e. The SMILES string of the molecule is C[C@H](N[C@H]1CCCC[C@H]1C)c1ccc(OC2CCOCC2)cc1. The summed E-state index contributed by atoms with van der Waals surface area (Å²) in [5.41, 5.74) is 1.35. The Bertz CT molecular complexity index is 467. The summed E-state index contributed by atoms with van der Waals surface area (Å²) in [5.74, 6) is 1.78. The molecule has 128 valence electrons. The van der Waals surface area contributed by atoms with Gasteiger partial charge < -0.3 is 14.8 Å². The molecule has 0 unspecified atom stereocenters. The van der Waals surface area contributed by atoms with E-state index in [1.54, 1.807) is 0 Å². The number of benzene rings is 1. The molecule has 1 aliphatic carbocycles. The summed E-state index contributed by atoms with van der Waals surface area (Å²) in [4.78, 5) is 0. The lowest BCUT2D eigenvalue weighted by atomic mass is 9.85. The first-order valence-corrected chi connectivity index (χ1v) is 9.33. The van der Waals surface area contributed by atoms with Crippen LogP contribution in [0.15, 0.2) is 24.3 Å². The van der Waals surface area contributed by atoms with Crippen molar-refractivity contribution >= 4 is 0 Å². The maximum atomic E-state index is 6.06. The number of nitrogens with one attached hydrogen (secondary N) is 1. The Labute approximate surface area is 140 Å². The van der Waals surface area contributed by atoms with Crippen molar-refractivity contribution in [1.82, 2.24) is 5.32 Å². The van der Waals surface area contributed by atoms with E-state index in [-0.39, 0.29) is 0 Å². The van der Waals surface area contributed by atoms with E-state index in [1.807, 2.05) is 0 Å². The van der Waals surface area contributed by atoms with Crippen LogP contribution in [0.3, 0.4) is 0 Å². The summed E-state index contributed by atoms with van der Waals surface area (Å²) >= 11 is 0. The highest BCUT2D eigenvalue weighted by atomic mass is 16.5. The summed E-state index contributed by atoms with van der Waals surface area (Å²) in [6.45, 7) is 6.30. The molecule has 2 aliphatic rings. The first kappa shape index (κ1) is 16.8. The molecular weight excluding hydrogens is 286 g/mol. The summed E-state index contributed by atoms with van der Waals surface area (Å²) in [6, 6.07) is 9.72. The van der Waals surface area contributed by atoms with Gasteiger partial charge in [0.05, 0.1) is 13.2 Å². The molecule has 2 fully saturated rings. The Morgan fingerprint density at radius 2 is 1.74 bits per heavy atom. The minimum absolute atomic E-state index is 0.313. The molecule has 3 heteroatoms. The van der Waals surface area contributed by atoms with Gasteiger partial charge in [-0.3, -0.25) is 0 Å². The second-order valence-electron chi connectivity index (χ2n) is 7.26. The third-order valence-electron chi connectivity index (χ3n) is 5.43. The molecule has 1 heterocycles. The van der Waals surface area contributed by atoms with E-state index in [2.05, 4.69) is 43.4 Å². The summed E-state index contributed by atoms with van der Waals surface area (Å²) in [6.07, 6.45) is 7.75. The van der Waals surface area contributed by atoms with Crippen LogP contribution in [0.5, 0.6) is 5.75 Å². The van der Waals surface area contributed by atoms with Gasteiger partial charge >= 0.3 is 0 Å². The van der Waals surface area contributed by atoms with Crippen LogP contribution in [0.1, 0.15) is 64.0 Å². The van der Waals surface area contributed by atoms with E-state index in [0.717, 1.165) is 37.7 Å². The standard InChI is InChI=1S/C20H31NO2/c1-15-5-3-4-6-20(15)21-16(2)17-7-9-18(10-8-17)23-19-11-13-22-14-12-19/h7-10,15-16,19-21H,3-6,11-14H2,1-2H3/t15-,16+,20+/m1/s1. The quantitative estimate of drug-likeness (QED) is 0.869. The molecule has 0 bridgehead atoms. The second kappa shape index (κ2) is 8.16. The average molecular weight is 317 g/mol. The number of rotatable bonds is 5. The van der Waals surface area contributed by atoms with E-state index in [9.17, 15) is 0 Å². The summed E-state index contributed by atoms with van der Waals surface area (Å²) < 4.78 is 11.4. The van der Waals surface area contributed by atoms with E-state index in [0.29, 0.717) is 18.2 Å². The highest BCUT2D eigenvalue weighted by Gasteiger charge is 2.23. The van der Waals surface area contributed by atoms with Gasteiger partial charge in [0.2, 0.25) is 0 Å². The van der Waals surface area contributed by atoms with Gasteiger partial charge in [-0.1, -0.05) is 31.9 Å². The van der Waals surface area contributed by atoms with Crippen molar-refractivity contribution in [2.24, 2.45) is 5.92 Å². The van der Waals surface area contributed by atoms with E-state index >= 15 is 0 Å². The lowest BCUT2D eigenvalue weighted by molar-refractivity contribution is 0.0255. The van der Waals surface area contributed by atoms with E-state index < -0.39 is 0 Å². The van der Waals surface area contributed by atoms with Crippen LogP contribution >= 0.6 is 0 Å². The van der Waals surface area contributed by atoms with Gasteiger partial charge in [-0.15, -0.1) is 0 Å². The Hall–Kier alpha value is -1.06. The monoisotopic (exact) mass is 317 g/mol. The minimum Gasteiger partial charge on any atom is -0.490 e. The molecule has 1 aliphatic heterocycles. The van der Waals surface area contributed by atoms with Gasteiger partial charge in [-0.05, 0) is 43.4 Å². The van der Waals surface area contributed by atoms with Crippen LogP contribution in [-0.2, 0) is 4.74 Å². The van der Waals surface area contributed by atoms with Gasteiger partial charge in [0.25, 0.3) is 0 Å². The van der Waals surface area contributed by atoms with Crippen molar-refractivity contribution < 1.29 is 9.47 Å². The number of hydrogen-bond donors (Lipinski definition) is 1. The fourth-order valence-corrected chi connectivity index (χ4v) is 3.80. The fraction of sp³-hybridized carbons (Fsp3) is 0.700. The van der Waals surface area contributed by atoms with Crippen molar-refractivity contribution in [2.75, 3.05) is 13.2 Å². The minimum atomic E-state index is 0.313. The van der Waals surface area contributed by atoms with Crippen LogP contribution in [0.25, 0.3) is 0 Å². The van der Waals surface area contributed by atoms with Gasteiger partial charge in [-0.2, -0.15) is 0 Å². The zero-order valence-electron chi connectivity index (χ0n) is 14.6. The Kier molecular flexibility index (Phi) is 5.96. The molecule has 1 aromatic carbocycles.